The molecule has 2 aromatic rings. The lowest BCUT2D eigenvalue weighted by Gasteiger charge is -2.31. The third kappa shape index (κ3) is 3.17. The molecule has 1 saturated heterocycles. The molecule has 1 aliphatic rings. The number of carbonyl (C=O) groups is 1. The molecule has 0 saturated carbocycles. The fraction of sp³-hybridized carbons (Fsp3) is 0.500. The Labute approximate surface area is 139 Å². The van der Waals surface area contributed by atoms with Crippen LogP contribution in [0.25, 0.3) is 0 Å². The molecule has 1 aliphatic heterocycles. The Morgan fingerprint density at radius 3 is 2.58 bits per heavy atom. The fourth-order valence-electron chi connectivity index (χ4n) is 2.86. The van der Waals surface area contributed by atoms with Gasteiger partial charge in [-0.2, -0.15) is 9.97 Å². The highest BCUT2D eigenvalue weighted by Gasteiger charge is 2.26. The summed E-state index contributed by atoms with van der Waals surface area (Å²) in [5.41, 5.74) is 0.319. The van der Waals surface area contributed by atoms with Gasteiger partial charge < -0.3 is 18.9 Å². The van der Waals surface area contributed by atoms with Gasteiger partial charge in [0.15, 0.2) is 5.82 Å². The first kappa shape index (κ1) is 16.2. The molecule has 0 bridgehead atoms. The van der Waals surface area contributed by atoms with Crippen molar-refractivity contribution in [2.45, 2.75) is 25.7 Å². The van der Waals surface area contributed by atoms with E-state index >= 15 is 0 Å². The van der Waals surface area contributed by atoms with Gasteiger partial charge in [-0.1, -0.05) is 5.16 Å². The minimum Gasteiger partial charge on any atom is -0.480 e. The summed E-state index contributed by atoms with van der Waals surface area (Å²) in [5.74, 6) is 2.24. The van der Waals surface area contributed by atoms with Gasteiger partial charge in [0.25, 0.3) is 0 Å². The van der Waals surface area contributed by atoms with Gasteiger partial charge >= 0.3 is 5.97 Å². The highest BCUT2D eigenvalue weighted by Crippen LogP contribution is 2.30. The molecule has 1 fully saturated rings. The van der Waals surface area contributed by atoms with Crippen LogP contribution in [-0.4, -0.2) is 48.4 Å². The molecule has 3 heterocycles. The van der Waals surface area contributed by atoms with Crippen molar-refractivity contribution < 1.29 is 18.8 Å². The number of piperidine rings is 1. The SMILES string of the molecule is COC(=O)c1ccc(N2CCC(c3nc(C)no3)CC2)nc1OC. The molecule has 0 unspecified atom stereocenters. The highest BCUT2D eigenvalue weighted by atomic mass is 16.5. The Morgan fingerprint density at radius 2 is 2.00 bits per heavy atom. The standard InChI is InChI=1S/C16H20N4O4/c1-10-17-14(24-19-10)11-6-8-20(9-7-11)13-5-4-12(16(21)23-3)15(18-13)22-2/h4-5,11H,6-9H2,1-3H3. The van der Waals surface area contributed by atoms with Crippen molar-refractivity contribution in [3.05, 3.63) is 29.4 Å². The summed E-state index contributed by atoms with van der Waals surface area (Å²) in [5, 5.41) is 3.85. The van der Waals surface area contributed by atoms with E-state index in [0.29, 0.717) is 17.3 Å². The van der Waals surface area contributed by atoms with Crippen LogP contribution in [-0.2, 0) is 4.74 Å². The highest BCUT2D eigenvalue weighted by molar-refractivity contribution is 5.92. The van der Waals surface area contributed by atoms with Crippen LogP contribution < -0.4 is 9.64 Å². The van der Waals surface area contributed by atoms with Crippen LogP contribution in [0, 0.1) is 6.92 Å². The van der Waals surface area contributed by atoms with Gasteiger partial charge in [-0.15, -0.1) is 0 Å². The van der Waals surface area contributed by atoms with Crippen LogP contribution in [0.4, 0.5) is 5.82 Å². The number of nitrogens with zero attached hydrogens (tertiary/aromatic N) is 4. The largest absolute Gasteiger partial charge is 0.480 e. The maximum Gasteiger partial charge on any atom is 0.343 e. The van der Waals surface area contributed by atoms with Crippen LogP contribution in [0.2, 0.25) is 0 Å². The molecule has 0 amide bonds. The molecule has 0 aliphatic carbocycles. The molecule has 8 nitrogen and oxygen atoms in total. The Bertz CT molecular complexity index is 723. The first-order valence-corrected chi connectivity index (χ1v) is 7.81. The van der Waals surface area contributed by atoms with Crippen LogP contribution in [0.15, 0.2) is 16.7 Å². The Kier molecular flexibility index (Phi) is 4.64. The number of pyridine rings is 1. The zero-order valence-electron chi connectivity index (χ0n) is 14.0. The van der Waals surface area contributed by atoms with Crippen molar-refractivity contribution in [2.24, 2.45) is 0 Å². The normalized spacial score (nSPS) is 15.4. The zero-order chi connectivity index (χ0) is 17.1. The summed E-state index contributed by atoms with van der Waals surface area (Å²) in [7, 11) is 2.82. The van der Waals surface area contributed by atoms with Crippen LogP contribution in [0.5, 0.6) is 5.88 Å². The Hall–Kier alpha value is -2.64. The number of rotatable bonds is 4. The summed E-state index contributed by atoms with van der Waals surface area (Å²) in [6.45, 7) is 3.46. The quantitative estimate of drug-likeness (QED) is 0.785. The van der Waals surface area contributed by atoms with Gasteiger partial charge in [0.05, 0.1) is 14.2 Å². The lowest BCUT2D eigenvalue weighted by molar-refractivity contribution is 0.0596. The molecule has 0 aromatic carbocycles. The van der Waals surface area contributed by atoms with Crippen LogP contribution >= 0.6 is 0 Å². The molecule has 0 spiro atoms. The number of carbonyl (C=O) groups excluding carboxylic acids is 1. The van der Waals surface area contributed by atoms with E-state index in [1.54, 1.807) is 6.07 Å². The number of aryl methyl sites for hydroxylation is 1. The van der Waals surface area contributed by atoms with Crippen molar-refractivity contribution in [1.82, 2.24) is 15.1 Å². The predicted octanol–water partition coefficient (Wildman–Crippen LogP) is 1.95. The third-order valence-corrected chi connectivity index (χ3v) is 4.16. The average Bonchev–Trinajstić information content (AvgIpc) is 3.07. The number of anilines is 1. The first-order valence-electron chi connectivity index (χ1n) is 7.81. The summed E-state index contributed by atoms with van der Waals surface area (Å²) < 4.78 is 15.2. The predicted molar refractivity (Wildman–Crippen MR) is 85.4 cm³/mol. The average molecular weight is 332 g/mol. The second-order valence-corrected chi connectivity index (χ2v) is 5.66. The summed E-state index contributed by atoms with van der Waals surface area (Å²) in [6, 6.07) is 3.49. The first-order chi connectivity index (χ1) is 11.6. The van der Waals surface area contributed by atoms with Crippen molar-refractivity contribution >= 4 is 11.8 Å². The molecule has 3 rings (SSSR count). The molecular weight excluding hydrogens is 312 g/mol. The number of hydrogen-bond acceptors (Lipinski definition) is 8. The van der Waals surface area contributed by atoms with Gasteiger partial charge in [0.2, 0.25) is 11.8 Å². The molecule has 24 heavy (non-hydrogen) atoms. The van der Waals surface area contributed by atoms with E-state index in [9.17, 15) is 4.79 Å². The summed E-state index contributed by atoms with van der Waals surface area (Å²) in [4.78, 5) is 22.6. The van der Waals surface area contributed by atoms with E-state index in [-0.39, 0.29) is 11.8 Å². The summed E-state index contributed by atoms with van der Waals surface area (Å²) in [6.07, 6.45) is 1.81. The van der Waals surface area contributed by atoms with Gasteiger partial charge in [-0.05, 0) is 31.9 Å². The maximum atomic E-state index is 11.7. The molecule has 8 heteroatoms. The molecule has 0 atom stereocenters. The van der Waals surface area contributed by atoms with Crippen LogP contribution in [0.1, 0.15) is 40.8 Å². The second kappa shape index (κ2) is 6.86. The van der Waals surface area contributed by atoms with Gasteiger partial charge in [-0.3, -0.25) is 0 Å². The smallest absolute Gasteiger partial charge is 0.343 e. The van der Waals surface area contributed by atoms with E-state index in [4.69, 9.17) is 14.0 Å². The van der Waals surface area contributed by atoms with Crippen molar-refractivity contribution in [2.75, 3.05) is 32.2 Å². The number of aromatic nitrogens is 3. The van der Waals surface area contributed by atoms with Gasteiger partial charge in [0, 0.05) is 19.0 Å². The number of esters is 1. The maximum absolute atomic E-state index is 11.7. The number of methoxy groups -OCH3 is 2. The molecule has 2 aromatic heterocycles. The monoisotopic (exact) mass is 332 g/mol. The van der Waals surface area contributed by atoms with Crippen molar-refractivity contribution in [3.8, 4) is 5.88 Å². The van der Waals surface area contributed by atoms with E-state index in [2.05, 4.69) is 20.0 Å². The molecule has 0 N–H and O–H groups in total. The molecule has 128 valence electrons. The van der Waals surface area contributed by atoms with E-state index in [1.165, 1.54) is 14.2 Å². The minimum absolute atomic E-state index is 0.272. The van der Waals surface area contributed by atoms with Gasteiger partial charge in [-0.25, -0.2) is 4.79 Å². The lowest BCUT2D eigenvalue weighted by Crippen LogP contribution is -2.33. The van der Waals surface area contributed by atoms with E-state index < -0.39 is 5.97 Å². The second-order valence-electron chi connectivity index (χ2n) is 5.66. The third-order valence-electron chi connectivity index (χ3n) is 4.16. The molecule has 0 radical (unpaired) electrons. The van der Waals surface area contributed by atoms with Crippen molar-refractivity contribution in [3.63, 3.8) is 0 Å². The van der Waals surface area contributed by atoms with E-state index in [1.807, 2.05) is 13.0 Å². The lowest BCUT2D eigenvalue weighted by atomic mass is 9.97. The fourth-order valence-corrected chi connectivity index (χ4v) is 2.86. The van der Waals surface area contributed by atoms with E-state index in [0.717, 1.165) is 31.7 Å². The number of hydrogen-bond donors (Lipinski definition) is 0. The Morgan fingerprint density at radius 1 is 1.25 bits per heavy atom. The zero-order valence-corrected chi connectivity index (χ0v) is 14.0. The number of ether oxygens (including phenoxy) is 2. The molecular formula is C16H20N4O4. The van der Waals surface area contributed by atoms with Crippen molar-refractivity contribution in [1.29, 1.82) is 0 Å². The Balaban J connectivity index is 1.71. The summed E-state index contributed by atoms with van der Waals surface area (Å²) >= 11 is 0. The van der Waals surface area contributed by atoms with Gasteiger partial charge in [0.1, 0.15) is 11.4 Å². The topological polar surface area (TPSA) is 90.6 Å². The van der Waals surface area contributed by atoms with Crippen LogP contribution in [0.3, 0.4) is 0 Å². The minimum atomic E-state index is -0.462.